The molecule has 3 heteroatoms. The van der Waals surface area contributed by atoms with Crippen molar-refractivity contribution in [3.8, 4) is 0 Å². The second kappa shape index (κ2) is 6.70. The lowest BCUT2D eigenvalue weighted by Crippen LogP contribution is -2.43. The van der Waals surface area contributed by atoms with E-state index in [4.69, 9.17) is 4.74 Å². The van der Waals surface area contributed by atoms with Crippen molar-refractivity contribution in [2.45, 2.75) is 44.9 Å². The van der Waals surface area contributed by atoms with Gasteiger partial charge in [-0.1, -0.05) is 30.3 Å². The van der Waals surface area contributed by atoms with Crippen LogP contribution in [-0.4, -0.2) is 43.3 Å². The van der Waals surface area contributed by atoms with Gasteiger partial charge in [0, 0.05) is 38.3 Å². The number of hydrogen-bond donors (Lipinski definition) is 1. The first kappa shape index (κ1) is 15.5. The van der Waals surface area contributed by atoms with Gasteiger partial charge in [-0.15, -0.1) is 0 Å². The van der Waals surface area contributed by atoms with Crippen molar-refractivity contribution >= 4 is 0 Å². The van der Waals surface area contributed by atoms with Gasteiger partial charge in [-0.05, 0) is 32.8 Å². The highest BCUT2D eigenvalue weighted by molar-refractivity contribution is 5.20. The Morgan fingerprint density at radius 2 is 2.00 bits per heavy atom. The number of nitrogens with zero attached hydrogens (tertiary/aromatic N) is 1. The molecule has 0 saturated carbocycles. The third kappa shape index (κ3) is 4.30. The Hall–Kier alpha value is -0.900. The van der Waals surface area contributed by atoms with Crippen LogP contribution in [0.2, 0.25) is 0 Å². The minimum absolute atomic E-state index is 0.146. The van der Waals surface area contributed by atoms with Crippen LogP contribution in [-0.2, 0) is 4.74 Å². The maximum atomic E-state index is 5.51. The zero-order valence-corrected chi connectivity index (χ0v) is 13.2. The number of hydrogen-bond acceptors (Lipinski definition) is 3. The summed E-state index contributed by atoms with van der Waals surface area (Å²) in [6.45, 7) is 9.78. The second-order valence-corrected chi connectivity index (χ2v) is 6.70. The van der Waals surface area contributed by atoms with Gasteiger partial charge in [0.25, 0.3) is 0 Å². The summed E-state index contributed by atoms with van der Waals surface area (Å²) < 4.78 is 5.51. The van der Waals surface area contributed by atoms with Crippen molar-refractivity contribution in [3.63, 3.8) is 0 Å². The van der Waals surface area contributed by atoms with Crippen LogP contribution in [0.4, 0.5) is 0 Å². The quantitative estimate of drug-likeness (QED) is 0.895. The summed E-state index contributed by atoms with van der Waals surface area (Å²) >= 11 is 0. The first-order valence-electron chi connectivity index (χ1n) is 7.56. The fourth-order valence-corrected chi connectivity index (χ4v) is 2.77. The molecule has 2 rings (SSSR count). The van der Waals surface area contributed by atoms with Crippen molar-refractivity contribution in [2.75, 3.05) is 26.7 Å². The molecule has 0 aromatic heterocycles. The third-order valence-corrected chi connectivity index (χ3v) is 3.96. The van der Waals surface area contributed by atoms with E-state index in [0.717, 1.165) is 26.1 Å². The van der Waals surface area contributed by atoms with Gasteiger partial charge in [0.15, 0.2) is 0 Å². The van der Waals surface area contributed by atoms with E-state index in [1.54, 1.807) is 0 Å². The Labute approximate surface area is 123 Å². The topological polar surface area (TPSA) is 24.5 Å². The van der Waals surface area contributed by atoms with E-state index in [-0.39, 0.29) is 5.54 Å². The average molecular weight is 276 g/mol. The van der Waals surface area contributed by atoms with Crippen molar-refractivity contribution in [1.82, 2.24) is 10.2 Å². The van der Waals surface area contributed by atoms with Crippen LogP contribution in [0, 0.1) is 0 Å². The van der Waals surface area contributed by atoms with E-state index in [2.05, 4.69) is 61.3 Å². The lowest BCUT2D eigenvalue weighted by atomic mass is 10.0. The average Bonchev–Trinajstić information content (AvgIpc) is 2.88. The van der Waals surface area contributed by atoms with Crippen LogP contribution in [0.15, 0.2) is 30.3 Å². The fourth-order valence-electron chi connectivity index (χ4n) is 2.77. The summed E-state index contributed by atoms with van der Waals surface area (Å²) in [5.41, 5.74) is 1.54. The van der Waals surface area contributed by atoms with Crippen molar-refractivity contribution in [3.05, 3.63) is 35.9 Å². The van der Waals surface area contributed by atoms with E-state index in [1.165, 1.54) is 5.56 Å². The first-order valence-corrected chi connectivity index (χ1v) is 7.56. The molecule has 1 aromatic carbocycles. The molecule has 1 aliphatic rings. The van der Waals surface area contributed by atoms with Gasteiger partial charge >= 0.3 is 0 Å². The highest BCUT2D eigenvalue weighted by Gasteiger charge is 2.29. The van der Waals surface area contributed by atoms with Crippen LogP contribution in [0.25, 0.3) is 0 Å². The summed E-state index contributed by atoms with van der Waals surface area (Å²) in [5.74, 6) is 0. The van der Waals surface area contributed by atoms with E-state index in [0.29, 0.717) is 12.1 Å². The van der Waals surface area contributed by atoms with Gasteiger partial charge in [0.1, 0.15) is 0 Å². The monoisotopic (exact) mass is 276 g/mol. The largest absolute Gasteiger partial charge is 0.380 e. The summed E-state index contributed by atoms with van der Waals surface area (Å²) in [4.78, 5) is 2.54. The van der Waals surface area contributed by atoms with E-state index in [1.807, 2.05) is 7.11 Å². The highest BCUT2D eigenvalue weighted by Crippen LogP contribution is 2.26. The summed E-state index contributed by atoms with van der Waals surface area (Å²) in [6, 6.07) is 11.2. The molecule has 0 aliphatic carbocycles. The molecule has 1 fully saturated rings. The van der Waals surface area contributed by atoms with Gasteiger partial charge < -0.3 is 10.1 Å². The number of likely N-dealkylation sites (tertiary alicyclic amines) is 1. The van der Waals surface area contributed by atoms with Crippen molar-refractivity contribution in [1.29, 1.82) is 0 Å². The standard InChI is InChI=1S/C17H28N2O/c1-17(2,3)18-12-16(14-8-6-5-7-9-14)19-11-10-15(13-19)20-4/h5-9,15-16,18H,10-13H2,1-4H3. The Balaban J connectivity index is 2.08. The predicted octanol–water partition coefficient (Wildman–Crippen LogP) is 2.84. The lowest BCUT2D eigenvalue weighted by molar-refractivity contribution is 0.0997. The molecule has 2 unspecified atom stereocenters. The van der Waals surface area contributed by atoms with E-state index < -0.39 is 0 Å². The lowest BCUT2D eigenvalue weighted by Gasteiger charge is -2.32. The molecule has 1 N–H and O–H groups in total. The van der Waals surface area contributed by atoms with Crippen LogP contribution in [0.5, 0.6) is 0 Å². The van der Waals surface area contributed by atoms with Gasteiger partial charge in [-0.2, -0.15) is 0 Å². The van der Waals surface area contributed by atoms with E-state index in [9.17, 15) is 0 Å². The number of rotatable bonds is 5. The number of nitrogens with one attached hydrogen (secondary N) is 1. The van der Waals surface area contributed by atoms with Crippen LogP contribution in [0.3, 0.4) is 0 Å². The predicted molar refractivity (Wildman–Crippen MR) is 83.9 cm³/mol. The molecule has 112 valence electrons. The molecular formula is C17H28N2O. The molecule has 0 spiro atoms. The molecule has 1 aromatic rings. The van der Waals surface area contributed by atoms with Gasteiger partial charge in [0.05, 0.1) is 6.10 Å². The molecule has 0 radical (unpaired) electrons. The summed E-state index contributed by atoms with van der Waals surface area (Å²) in [6.07, 6.45) is 1.52. The number of methoxy groups -OCH3 is 1. The molecule has 2 atom stereocenters. The molecule has 1 heterocycles. The van der Waals surface area contributed by atoms with Crippen LogP contribution >= 0.6 is 0 Å². The molecule has 1 saturated heterocycles. The highest BCUT2D eigenvalue weighted by atomic mass is 16.5. The zero-order valence-electron chi connectivity index (χ0n) is 13.2. The Morgan fingerprint density at radius 1 is 1.30 bits per heavy atom. The second-order valence-electron chi connectivity index (χ2n) is 6.70. The minimum Gasteiger partial charge on any atom is -0.380 e. The summed E-state index contributed by atoms with van der Waals surface area (Å²) in [5, 5.41) is 3.65. The number of benzene rings is 1. The molecule has 0 amide bonds. The molecular weight excluding hydrogens is 248 g/mol. The van der Waals surface area contributed by atoms with Crippen LogP contribution < -0.4 is 5.32 Å². The van der Waals surface area contributed by atoms with Crippen molar-refractivity contribution in [2.24, 2.45) is 0 Å². The molecule has 20 heavy (non-hydrogen) atoms. The first-order chi connectivity index (χ1) is 9.49. The Bertz CT molecular complexity index is 399. The fraction of sp³-hybridized carbons (Fsp3) is 0.647. The smallest absolute Gasteiger partial charge is 0.0710 e. The van der Waals surface area contributed by atoms with Crippen LogP contribution in [0.1, 0.15) is 38.8 Å². The maximum absolute atomic E-state index is 5.51. The van der Waals surface area contributed by atoms with Gasteiger partial charge in [0.2, 0.25) is 0 Å². The van der Waals surface area contributed by atoms with Crippen molar-refractivity contribution < 1.29 is 4.74 Å². The Kier molecular flexibility index (Phi) is 5.19. The number of ether oxygens (including phenoxy) is 1. The van der Waals surface area contributed by atoms with Gasteiger partial charge in [-0.25, -0.2) is 0 Å². The summed E-state index contributed by atoms with van der Waals surface area (Å²) in [7, 11) is 1.82. The Morgan fingerprint density at radius 3 is 2.55 bits per heavy atom. The van der Waals surface area contributed by atoms with Gasteiger partial charge in [-0.3, -0.25) is 4.90 Å². The van der Waals surface area contributed by atoms with E-state index >= 15 is 0 Å². The molecule has 0 bridgehead atoms. The SMILES string of the molecule is COC1CCN(C(CNC(C)(C)C)c2ccccc2)C1. The zero-order chi connectivity index (χ0) is 14.6. The maximum Gasteiger partial charge on any atom is 0.0710 e. The third-order valence-electron chi connectivity index (χ3n) is 3.96. The molecule has 1 aliphatic heterocycles. The minimum atomic E-state index is 0.146. The normalized spacial score (nSPS) is 22.1. The molecule has 3 nitrogen and oxygen atoms in total.